The molecule has 0 aromatic rings. The largest absolute Gasteiger partial charge is 0.383 e. The number of nitrogens with two attached hydrogens (primary N) is 1. The molecule has 3 heteroatoms. The molecule has 0 spiro atoms. The maximum absolute atomic E-state index is 8.02. The first kappa shape index (κ1) is 21.8. The number of hydrogen-bond donors (Lipinski definition) is 2. The first-order chi connectivity index (χ1) is 13.0. The fourth-order valence-electron chi connectivity index (χ4n) is 6.87. The minimum Gasteiger partial charge on any atom is -0.383 e. The second-order valence-corrected chi connectivity index (χ2v) is 11.0. The molecule has 0 saturated heterocycles. The van der Waals surface area contributed by atoms with Gasteiger partial charge in [0.25, 0.3) is 0 Å². The van der Waals surface area contributed by atoms with Gasteiger partial charge in [-0.3, -0.25) is 0 Å². The average Bonchev–Trinajstić information content (AvgIpc) is 2.90. The Kier molecular flexibility index (Phi) is 6.00. The number of hydrogen-bond acceptors (Lipinski definition) is 3. The molecule has 158 valence electrons. The molecule has 5 atom stereocenters. The summed E-state index contributed by atoms with van der Waals surface area (Å²) < 4.78 is 4.78. The molecule has 0 heterocycles. The van der Waals surface area contributed by atoms with Crippen molar-refractivity contribution in [3.05, 3.63) is 23.8 Å². The molecule has 0 radical (unpaired) electrons. The highest BCUT2D eigenvalue weighted by Crippen LogP contribution is 2.66. The van der Waals surface area contributed by atoms with Gasteiger partial charge in [0, 0.05) is 18.4 Å². The molecule has 28 heavy (non-hydrogen) atoms. The van der Waals surface area contributed by atoms with Crippen LogP contribution in [-0.2, 0) is 4.74 Å². The van der Waals surface area contributed by atoms with E-state index >= 15 is 0 Å². The maximum atomic E-state index is 8.02. The maximum Gasteiger partial charge on any atom is 0.0636 e. The fourth-order valence-corrected chi connectivity index (χ4v) is 6.87. The molecule has 0 aromatic heterocycles. The van der Waals surface area contributed by atoms with Crippen LogP contribution in [0.15, 0.2) is 23.8 Å². The van der Waals surface area contributed by atoms with Gasteiger partial charge in [0.05, 0.1) is 6.61 Å². The molecule has 3 fully saturated rings. The molecule has 3 nitrogen and oxygen atoms in total. The van der Waals surface area contributed by atoms with E-state index in [4.69, 9.17) is 15.9 Å². The lowest BCUT2D eigenvalue weighted by molar-refractivity contribution is -0.0225. The minimum atomic E-state index is -0.172. The van der Waals surface area contributed by atoms with Gasteiger partial charge in [-0.05, 0) is 99.9 Å². The van der Waals surface area contributed by atoms with Crippen LogP contribution in [-0.4, -0.2) is 25.0 Å². The van der Waals surface area contributed by atoms with E-state index in [1.54, 1.807) is 18.3 Å². The molecule has 0 amide bonds. The van der Waals surface area contributed by atoms with Gasteiger partial charge in [0.1, 0.15) is 0 Å². The molecular formula is C25H42N2O. The third kappa shape index (κ3) is 3.89. The second-order valence-electron chi connectivity index (χ2n) is 11.0. The van der Waals surface area contributed by atoms with E-state index < -0.39 is 0 Å². The predicted octanol–water partition coefficient (Wildman–Crippen LogP) is 5.90. The van der Waals surface area contributed by atoms with Gasteiger partial charge >= 0.3 is 0 Å². The third-order valence-corrected chi connectivity index (χ3v) is 8.47. The van der Waals surface area contributed by atoms with Crippen molar-refractivity contribution in [3.8, 4) is 0 Å². The zero-order valence-corrected chi connectivity index (χ0v) is 18.9. The van der Waals surface area contributed by atoms with Gasteiger partial charge in [-0.2, -0.15) is 0 Å². The zero-order valence-electron chi connectivity index (χ0n) is 18.9. The van der Waals surface area contributed by atoms with Crippen molar-refractivity contribution >= 4 is 5.71 Å². The van der Waals surface area contributed by atoms with Crippen LogP contribution in [0.1, 0.15) is 79.1 Å². The Balaban J connectivity index is 0.000000279. The minimum absolute atomic E-state index is 0.172. The molecule has 3 N–H and O–H groups in total. The summed E-state index contributed by atoms with van der Waals surface area (Å²) in [5.41, 5.74) is 10.2. The van der Waals surface area contributed by atoms with Crippen molar-refractivity contribution < 1.29 is 4.74 Å². The van der Waals surface area contributed by atoms with Gasteiger partial charge < -0.3 is 15.9 Å². The summed E-state index contributed by atoms with van der Waals surface area (Å²) >= 11 is 0. The Morgan fingerprint density at radius 2 is 1.79 bits per heavy atom. The molecule has 0 aromatic carbocycles. The molecule has 4 rings (SSSR count). The number of methoxy groups -OCH3 is 1. The number of rotatable bonds is 2. The van der Waals surface area contributed by atoms with Crippen molar-refractivity contribution in [1.29, 1.82) is 5.41 Å². The predicted molar refractivity (Wildman–Crippen MR) is 119 cm³/mol. The number of ether oxygens (including phenoxy) is 1. The zero-order chi connectivity index (χ0) is 20.7. The summed E-state index contributed by atoms with van der Waals surface area (Å²) in [4.78, 5) is 0. The fraction of sp³-hybridized carbons (Fsp3) is 0.800. The summed E-state index contributed by atoms with van der Waals surface area (Å²) in [7, 11) is 1.65. The molecule has 0 bridgehead atoms. The molecule has 4 aliphatic carbocycles. The Bertz CT molecular complexity index is 658. The van der Waals surface area contributed by atoms with Gasteiger partial charge in [-0.25, -0.2) is 0 Å². The van der Waals surface area contributed by atoms with Crippen molar-refractivity contribution in [2.45, 2.75) is 84.6 Å². The highest BCUT2D eigenvalue weighted by atomic mass is 16.5. The third-order valence-electron chi connectivity index (χ3n) is 8.47. The van der Waals surface area contributed by atoms with Crippen LogP contribution >= 0.6 is 0 Å². The van der Waals surface area contributed by atoms with Crippen molar-refractivity contribution in [1.82, 2.24) is 0 Å². The van der Waals surface area contributed by atoms with E-state index in [1.165, 1.54) is 44.9 Å². The average molecular weight is 387 g/mol. The normalized spacial score (nSPS) is 39.9. The summed E-state index contributed by atoms with van der Waals surface area (Å²) in [6.45, 7) is 13.9. The van der Waals surface area contributed by atoms with Gasteiger partial charge in [0.2, 0.25) is 0 Å². The SMILES string of the molecule is C=C1CCC2C3CCC4=CC(=N)CC[C@]4(C)C3CC[C@]12C.COCC(C)(C)N. The van der Waals surface area contributed by atoms with Crippen LogP contribution in [0.2, 0.25) is 0 Å². The Morgan fingerprint density at radius 1 is 1.11 bits per heavy atom. The first-order valence-electron chi connectivity index (χ1n) is 11.3. The monoisotopic (exact) mass is 386 g/mol. The number of fused-ring (bicyclic) bond motifs is 5. The summed E-state index contributed by atoms with van der Waals surface area (Å²) in [6, 6.07) is 0. The highest BCUT2D eigenvalue weighted by Gasteiger charge is 2.56. The molecule has 0 aliphatic heterocycles. The van der Waals surface area contributed by atoms with Crippen LogP contribution < -0.4 is 5.73 Å². The van der Waals surface area contributed by atoms with Crippen LogP contribution in [0.4, 0.5) is 0 Å². The number of allylic oxidation sites excluding steroid dienone is 3. The van der Waals surface area contributed by atoms with Crippen LogP contribution in [0.5, 0.6) is 0 Å². The Morgan fingerprint density at radius 3 is 2.39 bits per heavy atom. The lowest BCUT2D eigenvalue weighted by Gasteiger charge is -2.57. The summed E-state index contributed by atoms with van der Waals surface area (Å²) in [5, 5.41) is 8.02. The topological polar surface area (TPSA) is 59.1 Å². The van der Waals surface area contributed by atoms with Crippen molar-refractivity contribution in [2.24, 2.45) is 34.3 Å². The highest BCUT2D eigenvalue weighted by molar-refractivity contribution is 5.94. The van der Waals surface area contributed by atoms with E-state index in [2.05, 4.69) is 26.5 Å². The van der Waals surface area contributed by atoms with E-state index in [1.807, 2.05) is 13.8 Å². The quantitative estimate of drug-likeness (QED) is 0.581. The van der Waals surface area contributed by atoms with Crippen LogP contribution in [0.25, 0.3) is 0 Å². The summed E-state index contributed by atoms with van der Waals surface area (Å²) in [5.74, 6) is 2.68. The molecular weight excluding hydrogens is 344 g/mol. The Hall–Kier alpha value is -0.930. The smallest absolute Gasteiger partial charge is 0.0636 e. The second kappa shape index (κ2) is 7.72. The van der Waals surface area contributed by atoms with E-state index in [-0.39, 0.29) is 5.54 Å². The molecule has 4 aliphatic rings. The lowest BCUT2D eigenvalue weighted by atomic mass is 9.47. The Labute approximate surface area is 172 Å². The van der Waals surface area contributed by atoms with Crippen molar-refractivity contribution in [3.63, 3.8) is 0 Å². The van der Waals surface area contributed by atoms with Gasteiger partial charge in [-0.15, -0.1) is 0 Å². The van der Waals surface area contributed by atoms with E-state index in [0.717, 1.165) is 29.9 Å². The van der Waals surface area contributed by atoms with Crippen LogP contribution in [0.3, 0.4) is 0 Å². The van der Waals surface area contributed by atoms with Crippen molar-refractivity contribution in [2.75, 3.05) is 13.7 Å². The lowest BCUT2D eigenvalue weighted by Crippen LogP contribution is -2.49. The van der Waals surface area contributed by atoms with Gasteiger partial charge in [-0.1, -0.05) is 31.6 Å². The van der Waals surface area contributed by atoms with Crippen LogP contribution in [0, 0.1) is 34.0 Å². The van der Waals surface area contributed by atoms with Gasteiger partial charge in [0.15, 0.2) is 0 Å². The molecule has 3 unspecified atom stereocenters. The number of nitrogens with one attached hydrogen (secondary N) is 1. The standard InChI is InChI=1S/C20H29N.C5H13NO/c1-13-4-7-17-16-6-5-14-12-15(21)8-10-20(14,3)18(16)9-11-19(13,17)2;1-5(2,6)4-7-3/h12,16-18,21H,1,4-11H2,2-3H3;4,6H2,1-3H3/t16?,17?,18?,19-,20+;/m1./s1. The van der Waals surface area contributed by atoms with E-state index in [9.17, 15) is 0 Å². The summed E-state index contributed by atoms with van der Waals surface area (Å²) in [6.07, 6.45) is 12.5. The first-order valence-corrected chi connectivity index (χ1v) is 11.3. The van der Waals surface area contributed by atoms with E-state index in [0.29, 0.717) is 17.4 Å². The molecule has 3 saturated carbocycles.